The van der Waals surface area contributed by atoms with Gasteiger partial charge in [-0.2, -0.15) is 0 Å². The van der Waals surface area contributed by atoms with Gasteiger partial charge in [0.15, 0.2) is 0 Å². The van der Waals surface area contributed by atoms with Crippen LogP contribution in [0.2, 0.25) is 0 Å². The standard InChI is InChI=1S/C13H16N2/c1-9-5-4-6-11-7-8-12(10(2)14-3)15-13(9)11/h4-6,15H,3,7-8H2,1-2H3/b12-10-. The van der Waals surface area contributed by atoms with Gasteiger partial charge in [0.25, 0.3) is 0 Å². The van der Waals surface area contributed by atoms with E-state index < -0.39 is 0 Å². The van der Waals surface area contributed by atoms with Gasteiger partial charge < -0.3 is 5.32 Å². The van der Waals surface area contributed by atoms with E-state index in [-0.39, 0.29) is 0 Å². The number of hydrogen-bond acceptors (Lipinski definition) is 2. The van der Waals surface area contributed by atoms with Crippen LogP contribution in [-0.2, 0) is 6.42 Å². The molecule has 0 atom stereocenters. The SMILES string of the molecule is C=N/C(C)=C1/CCc2cccc(C)c2N1. The average Bonchev–Trinajstić information content (AvgIpc) is 2.28. The summed E-state index contributed by atoms with van der Waals surface area (Å²) in [6.45, 7) is 7.70. The fourth-order valence-corrected chi connectivity index (χ4v) is 1.96. The molecule has 0 amide bonds. The summed E-state index contributed by atoms with van der Waals surface area (Å²) in [5.41, 5.74) is 6.15. The number of benzene rings is 1. The third kappa shape index (κ3) is 1.80. The van der Waals surface area contributed by atoms with Crippen LogP contribution < -0.4 is 5.32 Å². The third-order valence-electron chi connectivity index (χ3n) is 2.95. The monoisotopic (exact) mass is 200 g/mol. The number of para-hydroxylation sites is 1. The van der Waals surface area contributed by atoms with Crippen LogP contribution in [0.5, 0.6) is 0 Å². The number of allylic oxidation sites excluding steroid dienone is 2. The fourth-order valence-electron chi connectivity index (χ4n) is 1.96. The maximum atomic E-state index is 3.98. The van der Waals surface area contributed by atoms with Crippen molar-refractivity contribution < 1.29 is 0 Å². The molecular formula is C13H16N2. The Kier molecular flexibility index (Phi) is 2.58. The highest BCUT2D eigenvalue weighted by Crippen LogP contribution is 2.30. The van der Waals surface area contributed by atoms with Gasteiger partial charge >= 0.3 is 0 Å². The molecule has 1 heterocycles. The number of fused-ring (bicyclic) bond motifs is 1. The largest absolute Gasteiger partial charge is 0.357 e. The van der Waals surface area contributed by atoms with Crippen molar-refractivity contribution in [2.24, 2.45) is 4.99 Å². The first kappa shape index (κ1) is 9.97. The molecule has 0 radical (unpaired) electrons. The maximum Gasteiger partial charge on any atom is 0.0557 e. The first-order valence-electron chi connectivity index (χ1n) is 5.24. The van der Waals surface area contributed by atoms with E-state index in [2.05, 4.69) is 42.1 Å². The second kappa shape index (κ2) is 3.89. The molecule has 2 heteroatoms. The lowest BCUT2D eigenvalue weighted by Gasteiger charge is -2.23. The normalized spacial score (nSPS) is 17.7. The van der Waals surface area contributed by atoms with Crippen molar-refractivity contribution in [3.63, 3.8) is 0 Å². The third-order valence-corrected chi connectivity index (χ3v) is 2.95. The van der Waals surface area contributed by atoms with Gasteiger partial charge in [0.1, 0.15) is 0 Å². The Balaban J connectivity index is 2.42. The summed E-state index contributed by atoms with van der Waals surface area (Å²) in [7, 11) is 0. The van der Waals surface area contributed by atoms with Gasteiger partial charge in [-0.25, -0.2) is 0 Å². The van der Waals surface area contributed by atoms with Crippen molar-refractivity contribution in [1.29, 1.82) is 0 Å². The van der Waals surface area contributed by atoms with Crippen LogP contribution in [0, 0.1) is 6.92 Å². The van der Waals surface area contributed by atoms with E-state index >= 15 is 0 Å². The Morgan fingerprint density at radius 1 is 1.40 bits per heavy atom. The molecule has 2 nitrogen and oxygen atoms in total. The lowest BCUT2D eigenvalue weighted by molar-refractivity contribution is 0.890. The van der Waals surface area contributed by atoms with Gasteiger partial charge in [-0.05, 0) is 44.5 Å². The van der Waals surface area contributed by atoms with Crippen LogP contribution in [0.25, 0.3) is 0 Å². The van der Waals surface area contributed by atoms with Crippen molar-refractivity contribution in [2.45, 2.75) is 26.7 Å². The zero-order chi connectivity index (χ0) is 10.8. The van der Waals surface area contributed by atoms with E-state index in [0.717, 1.165) is 18.5 Å². The number of rotatable bonds is 1. The summed E-state index contributed by atoms with van der Waals surface area (Å²) < 4.78 is 0. The number of anilines is 1. The van der Waals surface area contributed by atoms with Crippen LogP contribution in [0.15, 0.2) is 34.6 Å². The number of aliphatic imine (C=N–C) groups is 1. The Labute approximate surface area is 90.7 Å². The van der Waals surface area contributed by atoms with Crippen molar-refractivity contribution >= 4 is 12.4 Å². The Bertz CT molecular complexity index is 430. The molecule has 2 rings (SSSR count). The molecule has 0 unspecified atom stereocenters. The molecule has 0 saturated heterocycles. The van der Waals surface area contributed by atoms with Crippen LogP contribution in [0.1, 0.15) is 24.5 Å². The van der Waals surface area contributed by atoms with Crippen LogP contribution in [-0.4, -0.2) is 6.72 Å². The number of aryl methyl sites for hydroxylation is 2. The highest BCUT2D eigenvalue weighted by molar-refractivity contribution is 5.63. The van der Waals surface area contributed by atoms with Crippen molar-refractivity contribution in [3.8, 4) is 0 Å². The molecule has 15 heavy (non-hydrogen) atoms. The second-order valence-corrected chi connectivity index (χ2v) is 3.96. The van der Waals surface area contributed by atoms with Crippen molar-refractivity contribution in [1.82, 2.24) is 0 Å². The Hall–Kier alpha value is -1.57. The van der Waals surface area contributed by atoms with Gasteiger partial charge in [0.2, 0.25) is 0 Å². The molecule has 1 aromatic carbocycles. The van der Waals surface area contributed by atoms with Crippen molar-refractivity contribution in [2.75, 3.05) is 5.32 Å². The topological polar surface area (TPSA) is 24.4 Å². The average molecular weight is 200 g/mol. The van der Waals surface area contributed by atoms with Gasteiger partial charge in [0, 0.05) is 11.4 Å². The molecule has 0 saturated carbocycles. The van der Waals surface area contributed by atoms with E-state index in [1.807, 2.05) is 6.92 Å². The molecular weight excluding hydrogens is 184 g/mol. The van der Waals surface area contributed by atoms with E-state index in [1.54, 1.807) is 0 Å². The minimum absolute atomic E-state index is 1.00. The first-order valence-corrected chi connectivity index (χ1v) is 5.24. The Morgan fingerprint density at radius 2 is 2.20 bits per heavy atom. The summed E-state index contributed by atoms with van der Waals surface area (Å²) in [5.74, 6) is 0. The molecule has 0 spiro atoms. The summed E-state index contributed by atoms with van der Waals surface area (Å²) in [6.07, 6.45) is 2.12. The summed E-state index contributed by atoms with van der Waals surface area (Å²) in [6, 6.07) is 6.43. The van der Waals surface area contributed by atoms with E-state index in [1.165, 1.54) is 22.5 Å². The molecule has 1 aromatic rings. The molecule has 1 N–H and O–H groups in total. The molecule has 1 aliphatic rings. The fraction of sp³-hybridized carbons (Fsp3) is 0.308. The lowest BCUT2D eigenvalue weighted by Crippen LogP contribution is -2.12. The van der Waals surface area contributed by atoms with E-state index in [4.69, 9.17) is 0 Å². The predicted molar refractivity (Wildman–Crippen MR) is 65.4 cm³/mol. The maximum absolute atomic E-state index is 3.98. The highest BCUT2D eigenvalue weighted by Gasteiger charge is 2.14. The van der Waals surface area contributed by atoms with E-state index in [0.29, 0.717) is 0 Å². The van der Waals surface area contributed by atoms with E-state index in [9.17, 15) is 0 Å². The second-order valence-electron chi connectivity index (χ2n) is 3.96. The van der Waals surface area contributed by atoms with Crippen molar-refractivity contribution in [3.05, 3.63) is 40.7 Å². The highest BCUT2D eigenvalue weighted by atomic mass is 14.9. The molecule has 0 bridgehead atoms. The smallest absolute Gasteiger partial charge is 0.0557 e. The molecule has 0 fully saturated rings. The van der Waals surface area contributed by atoms with Gasteiger partial charge in [-0.3, -0.25) is 4.99 Å². The van der Waals surface area contributed by atoms with Gasteiger partial charge in [-0.15, -0.1) is 0 Å². The van der Waals surface area contributed by atoms with Crippen LogP contribution >= 0.6 is 0 Å². The molecule has 0 aliphatic carbocycles. The number of nitrogens with zero attached hydrogens (tertiary/aromatic N) is 1. The molecule has 0 aromatic heterocycles. The zero-order valence-corrected chi connectivity index (χ0v) is 9.30. The van der Waals surface area contributed by atoms with Crippen LogP contribution in [0.3, 0.4) is 0 Å². The number of nitrogens with one attached hydrogen (secondary N) is 1. The van der Waals surface area contributed by atoms with Gasteiger partial charge in [-0.1, -0.05) is 18.2 Å². The minimum atomic E-state index is 1.00. The first-order chi connectivity index (χ1) is 7.22. The lowest BCUT2D eigenvalue weighted by atomic mass is 9.97. The van der Waals surface area contributed by atoms with Crippen LogP contribution in [0.4, 0.5) is 5.69 Å². The minimum Gasteiger partial charge on any atom is -0.357 e. The molecule has 1 aliphatic heterocycles. The predicted octanol–water partition coefficient (Wildman–Crippen LogP) is 3.29. The summed E-state index contributed by atoms with van der Waals surface area (Å²) in [5, 5.41) is 3.46. The summed E-state index contributed by atoms with van der Waals surface area (Å²) in [4.78, 5) is 3.98. The quantitative estimate of drug-likeness (QED) is 0.691. The Morgan fingerprint density at radius 3 is 2.93 bits per heavy atom. The zero-order valence-electron chi connectivity index (χ0n) is 9.30. The summed E-state index contributed by atoms with van der Waals surface area (Å²) >= 11 is 0. The van der Waals surface area contributed by atoms with Gasteiger partial charge in [0.05, 0.1) is 5.70 Å². The number of hydrogen-bond donors (Lipinski definition) is 1. The molecule has 78 valence electrons.